The highest BCUT2D eigenvalue weighted by Crippen LogP contribution is 2.43. The fourth-order valence-corrected chi connectivity index (χ4v) is 4.42. The van der Waals surface area contributed by atoms with Gasteiger partial charge in [0.2, 0.25) is 0 Å². The SMILES string of the molecule is CCOC(C)c1ccc2c(ccn2C2(C(=O)Nc3ccc(C#N)c(C(F)(F)F)c3)CCC2)c1. The molecule has 1 atom stereocenters. The molecular weight excluding hydrogens is 431 g/mol. The van der Waals surface area contributed by atoms with Gasteiger partial charge in [-0.05, 0) is 80.5 Å². The normalized spacial score (nSPS) is 16.1. The topological polar surface area (TPSA) is 67.0 Å². The molecule has 1 amide bonds. The maximum atomic E-state index is 13.3. The first-order valence-corrected chi connectivity index (χ1v) is 10.9. The predicted octanol–water partition coefficient (Wildman–Crippen LogP) is 6.15. The van der Waals surface area contributed by atoms with Crippen molar-refractivity contribution in [1.29, 1.82) is 5.26 Å². The first-order valence-electron chi connectivity index (χ1n) is 10.9. The average molecular weight is 455 g/mol. The lowest BCUT2D eigenvalue weighted by Crippen LogP contribution is -2.50. The molecule has 1 fully saturated rings. The van der Waals surface area contributed by atoms with E-state index in [0.29, 0.717) is 19.4 Å². The van der Waals surface area contributed by atoms with Crippen molar-refractivity contribution in [1.82, 2.24) is 4.57 Å². The number of ether oxygens (including phenoxy) is 1. The molecule has 1 aliphatic carbocycles. The summed E-state index contributed by atoms with van der Waals surface area (Å²) >= 11 is 0. The Morgan fingerprint density at radius 2 is 2.00 bits per heavy atom. The van der Waals surface area contributed by atoms with E-state index in [1.54, 1.807) is 6.07 Å². The summed E-state index contributed by atoms with van der Waals surface area (Å²) in [5.74, 6) is -0.365. The molecule has 1 saturated carbocycles. The number of benzene rings is 2. The number of anilines is 1. The van der Waals surface area contributed by atoms with E-state index in [1.165, 1.54) is 6.07 Å². The molecule has 0 spiro atoms. The van der Waals surface area contributed by atoms with Crippen LogP contribution in [0.5, 0.6) is 0 Å². The van der Waals surface area contributed by atoms with Crippen molar-refractivity contribution in [2.75, 3.05) is 11.9 Å². The van der Waals surface area contributed by atoms with E-state index in [1.807, 2.05) is 48.9 Å². The first-order chi connectivity index (χ1) is 15.7. The van der Waals surface area contributed by atoms with Crippen LogP contribution in [0.4, 0.5) is 18.9 Å². The molecule has 2 aromatic carbocycles. The van der Waals surface area contributed by atoms with Crippen LogP contribution in [0.3, 0.4) is 0 Å². The minimum atomic E-state index is -4.69. The summed E-state index contributed by atoms with van der Waals surface area (Å²) < 4.78 is 47.6. The molecule has 1 aromatic heterocycles. The molecule has 8 heteroatoms. The van der Waals surface area contributed by atoms with E-state index in [2.05, 4.69) is 5.32 Å². The van der Waals surface area contributed by atoms with Crippen LogP contribution >= 0.6 is 0 Å². The number of amides is 1. The van der Waals surface area contributed by atoms with E-state index in [0.717, 1.165) is 35.0 Å². The van der Waals surface area contributed by atoms with Crippen LogP contribution in [0.2, 0.25) is 0 Å². The van der Waals surface area contributed by atoms with Gasteiger partial charge in [0.1, 0.15) is 5.54 Å². The maximum absolute atomic E-state index is 13.3. The summed E-state index contributed by atoms with van der Waals surface area (Å²) in [7, 11) is 0. The van der Waals surface area contributed by atoms with E-state index in [4.69, 9.17) is 10.00 Å². The summed E-state index contributed by atoms with van der Waals surface area (Å²) in [6, 6.07) is 12.7. The smallest absolute Gasteiger partial charge is 0.374 e. The zero-order valence-electron chi connectivity index (χ0n) is 18.4. The first kappa shape index (κ1) is 22.9. The highest BCUT2D eigenvalue weighted by atomic mass is 19.4. The third-order valence-electron chi connectivity index (χ3n) is 6.37. The monoisotopic (exact) mass is 455 g/mol. The van der Waals surface area contributed by atoms with Crippen LogP contribution in [0, 0.1) is 11.3 Å². The molecule has 0 radical (unpaired) electrons. The molecule has 33 heavy (non-hydrogen) atoms. The molecule has 172 valence electrons. The van der Waals surface area contributed by atoms with Gasteiger partial charge in [-0.1, -0.05) is 6.07 Å². The van der Waals surface area contributed by atoms with Crippen molar-refractivity contribution in [3.05, 3.63) is 65.4 Å². The number of fused-ring (bicyclic) bond motifs is 1. The fourth-order valence-electron chi connectivity index (χ4n) is 4.42. The average Bonchev–Trinajstić information content (AvgIpc) is 3.16. The zero-order valence-corrected chi connectivity index (χ0v) is 18.4. The number of hydrogen-bond donors (Lipinski definition) is 1. The van der Waals surface area contributed by atoms with E-state index in [-0.39, 0.29) is 17.7 Å². The molecule has 0 saturated heterocycles. The van der Waals surface area contributed by atoms with Crippen molar-refractivity contribution in [2.24, 2.45) is 0 Å². The summed E-state index contributed by atoms with van der Waals surface area (Å²) in [6.45, 7) is 4.53. The Labute approximate surface area is 189 Å². The van der Waals surface area contributed by atoms with Gasteiger partial charge in [0, 0.05) is 24.0 Å². The van der Waals surface area contributed by atoms with E-state index >= 15 is 0 Å². The number of nitriles is 1. The lowest BCUT2D eigenvalue weighted by atomic mass is 9.75. The molecule has 1 unspecified atom stereocenters. The highest BCUT2D eigenvalue weighted by molar-refractivity contribution is 5.99. The van der Waals surface area contributed by atoms with Crippen LogP contribution in [-0.2, 0) is 21.2 Å². The second kappa shape index (κ2) is 8.56. The van der Waals surface area contributed by atoms with Crippen molar-refractivity contribution < 1.29 is 22.7 Å². The summed E-state index contributed by atoms with van der Waals surface area (Å²) in [5.41, 5.74) is -0.484. The third-order valence-corrected chi connectivity index (χ3v) is 6.37. The number of carbonyl (C=O) groups excluding carboxylic acids is 1. The Hall–Kier alpha value is -3.31. The summed E-state index contributed by atoms with van der Waals surface area (Å²) in [5, 5.41) is 12.6. The molecule has 5 nitrogen and oxygen atoms in total. The van der Waals surface area contributed by atoms with Gasteiger partial charge in [-0.2, -0.15) is 18.4 Å². The van der Waals surface area contributed by atoms with Crippen molar-refractivity contribution in [3.8, 4) is 6.07 Å². The van der Waals surface area contributed by atoms with Crippen LogP contribution in [0.25, 0.3) is 10.9 Å². The van der Waals surface area contributed by atoms with Crippen molar-refractivity contribution >= 4 is 22.5 Å². The largest absolute Gasteiger partial charge is 0.417 e. The second-order valence-corrected chi connectivity index (χ2v) is 8.31. The molecule has 1 aliphatic rings. The molecule has 0 bridgehead atoms. The lowest BCUT2D eigenvalue weighted by Gasteiger charge is -2.42. The lowest BCUT2D eigenvalue weighted by molar-refractivity contribution is -0.137. The fraction of sp³-hybridized carbons (Fsp3) is 0.360. The number of carbonyl (C=O) groups is 1. The van der Waals surface area contributed by atoms with Gasteiger partial charge in [-0.25, -0.2) is 0 Å². The standard InChI is InChI=1S/C25H24F3N3O2/c1-3-33-16(2)17-6-8-22-18(13-17)9-12-31(22)24(10-4-11-24)23(32)30-20-7-5-19(15-29)21(14-20)25(26,27)28/h5-9,12-14,16H,3-4,10-11H2,1-2H3,(H,30,32). The van der Waals surface area contributed by atoms with Crippen LogP contribution < -0.4 is 5.32 Å². The van der Waals surface area contributed by atoms with Gasteiger partial charge >= 0.3 is 6.18 Å². The predicted molar refractivity (Wildman–Crippen MR) is 119 cm³/mol. The number of alkyl halides is 3. The Morgan fingerprint density at radius 1 is 1.24 bits per heavy atom. The number of rotatable bonds is 6. The number of hydrogen-bond acceptors (Lipinski definition) is 3. The highest BCUT2D eigenvalue weighted by Gasteiger charge is 2.46. The molecule has 4 rings (SSSR count). The Morgan fingerprint density at radius 3 is 2.61 bits per heavy atom. The molecule has 3 aromatic rings. The van der Waals surface area contributed by atoms with E-state index < -0.39 is 22.8 Å². The van der Waals surface area contributed by atoms with Crippen LogP contribution in [-0.4, -0.2) is 17.1 Å². The van der Waals surface area contributed by atoms with Crippen LogP contribution in [0.15, 0.2) is 48.7 Å². The maximum Gasteiger partial charge on any atom is 0.417 e. The van der Waals surface area contributed by atoms with Crippen molar-refractivity contribution in [2.45, 2.75) is 50.9 Å². The molecule has 1 N–H and O–H groups in total. The minimum absolute atomic E-state index is 0.0156. The van der Waals surface area contributed by atoms with Gasteiger partial charge in [-0.15, -0.1) is 0 Å². The van der Waals surface area contributed by atoms with E-state index in [9.17, 15) is 18.0 Å². The number of halogens is 3. The number of nitrogens with zero attached hydrogens (tertiary/aromatic N) is 2. The Bertz CT molecular complexity index is 1240. The summed E-state index contributed by atoms with van der Waals surface area (Å²) in [4.78, 5) is 13.3. The van der Waals surface area contributed by atoms with Gasteiger partial charge in [0.05, 0.1) is 23.3 Å². The van der Waals surface area contributed by atoms with Crippen LogP contribution in [0.1, 0.15) is 55.9 Å². The third kappa shape index (κ3) is 4.09. The summed E-state index contributed by atoms with van der Waals surface area (Å²) in [6.07, 6.45) is -0.869. The second-order valence-electron chi connectivity index (χ2n) is 8.31. The zero-order chi connectivity index (χ0) is 23.8. The quantitative estimate of drug-likeness (QED) is 0.485. The van der Waals surface area contributed by atoms with Crippen molar-refractivity contribution in [3.63, 3.8) is 0 Å². The molecule has 0 aliphatic heterocycles. The Balaban J connectivity index is 1.65. The van der Waals surface area contributed by atoms with Gasteiger partial charge in [0.15, 0.2) is 0 Å². The molecular formula is C25H24F3N3O2. The van der Waals surface area contributed by atoms with Gasteiger partial charge < -0.3 is 14.6 Å². The minimum Gasteiger partial charge on any atom is -0.374 e. The van der Waals surface area contributed by atoms with Gasteiger partial charge in [-0.3, -0.25) is 4.79 Å². The number of nitrogens with one attached hydrogen (secondary N) is 1. The van der Waals surface area contributed by atoms with Gasteiger partial charge in [0.25, 0.3) is 5.91 Å². The molecule has 1 heterocycles. The Kier molecular flexibility index (Phi) is 5.93. The number of aromatic nitrogens is 1.